The predicted molar refractivity (Wildman–Crippen MR) is 99.7 cm³/mol. The molecule has 128 valence electrons. The maximum absolute atomic E-state index is 12.8. The van der Waals surface area contributed by atoms with Crippen LogP contribution < -0.4 is 10.3 Å². The lowest BCUT2D eigenvalue weighted by Gasteiger charge is -2.11. The first-order chi connectivity index (χ1) is 12.1. The number of nitrogens with zero attached hydrogens (tertiary/aromatic N) is 2. The fourth-order valence-electron chi connectivity index (χ4n) is 2.58. The van der Waals surface area contributed by atoms with E-state index in [2.05, 4.69) is 4.98 Å². The minimum Gasteiger partial charge on any atom is -0.494 e. The van der Waals surface area contributed by atoms with Crippen LogP contribution in [-0.4, -0.2) is 28.2 Å². The van der Waals surface area contributed by atoms with Crippen LogP contribution in [-0.2, 0) is 6.54 Å². The van der Waals surface area contributed by atoms with Gasteiger partial charge in [0.25, 0.3) is 5.56 Å². The molecular weight excluding hydrogens is 336 g/mol. The molecule has 1 aromatic heterocycles. The fraction of sp³-hybridized carbons (Fsp3) is 0.211. The van der Waals surface area contributed by atoms with Gasteiger partial charge >= 0.3 is 0 Å². The number of rotatable bonds is 6. The third-order valence-corrected chi connectivity index (χ3v) is 4.48. The first-order valence-electron chi connectivity index (χ1n) is 7.93. The number of carbonyl (C=O) groups excluding carboxylic acids is 1. The summed E-state index contributed by atoms with van der Waals surface area (Å²) >= 11 is 1.35. The van der Waals surface area contributed by atoms with Crippen LogP contribution in [0.2, 0.25) is 0 Å². The van der Waals surface area contributed by atoms with E-state index in [1.807, 2.05) is 19.2 Å². The minimum atomic E-state index is -0.200. The Balaban J connectivity index is 1.95. The van der Waals surface area contributed by atoms with Gasteiger partial charge in [-0.2, -0.15) is 0 Å². The Hall–Kier alpha value is -2.60. The van der Waals surface area contributed by atoms with Crippen molar-refractivity contribution < 1.29 is 9.53 Å². The number of aromatic nitrogens is 2. The first kappa shape index (κ1) is 17.2. The van der Waals surface area contributed by atoms with Gasteiger partial charge in [-0.05, 0) is 49.6 Å². The molecule has 0 radical (unpaired) electrons. The van der Waals surface area contributed by atoms with Gasteiger partial charge in [0.2, 0.25) is 0 Å². The molecule has 0 unspecified atom stereocenters. The van der Waals surface area contributed by atoms with Gasteiger partial charge in [0.15, 0.2) is 10.9 Å². The number of ketones is 1. The Labute approximate surface area is 149 Å². The van der Waals surface area contributed by atoms with E-state index in [4.69, 9.17) is 4.74 Å². The summed E-state index contributed by atoms with van der Waals surface area (Å²) in [5, 5.41) is 1.04. The van der Waals surface area contributed by atoms with Gasteiger partial charge in [-0.15, -0.1) is 0 Å². The zero-order valence-electron chi connectivity index (χ0n) is 14.1. The summed E-state index contributed by atoms with van der Waals surface area (Å²) in [7, 11) is 0. The van der Waals surface area contributed by atoms with E-state index in [0.717, 1.165) is 0 Å². The van der Waals surface area contributed by atoms with Crippen molar-refractivity contribution in [2.75, 3.05) is 12.9 Å². The molecule has 2 aromatic carbocycles. The average Bonchev–Trinajstić information content (AvgIpc) is 2.64. The van der Waals surface area contributed by atoms with Crippen LogP contribution in [0.5, 0.6) is 5.75 Å². The van der Waals surface area contributed by atoms with Crippen molar-refractivity contribution in [2.24, 2.45) is 0 Å². The Bertz CT molecular complexity index is 965. The summed E-state index contributed by atoms with van der Waals surface area (Å²) in [5.41, 5.74) is 0.978. The summed E-state index contributed by atoms with van der Waals surface area (Å²) in [6.45, 7) is 2.44. The zero-order chi connectivity index (χ0) is 17.8. The number of ether oxygens (including phenoxy) is 1. The van der Waals surface area contributed by atoms with Crippen molar-refractivity contribution in [1.82, 2.24) is 9.55 Å². The number of thioether (sulfide) groups is 1. The largest absolute Gasteiger partial charge is 0.494 e. The molecule has 25 heavy (non-hydrogen) atoms. The van der Waals surface area contributed by atoms with Crippen molar-refractivity contribution in [2.45, 2.75) is 18.6 Å². The van der Waals surface area contributed by atoms with Gasteiger partial charge in [-0.1, -0.05) is 23.9 Å². The second-order valence-corrected chi connectivity index (χ2v) is 6.16. The van der Waals surface area contributed by atoms with Crippen LogP contribution in [0.15, 0.2) is 58.5 Å². The maximum atomic E-state index is 12.8. The van der Waals surface area contributed by atoms with Gasteiger partial charge in [0, 0.05) is 5.56 Å². The molecule has 0 fully saturated rings. The fourth-order valence-corrected chi connectivity index (χ4v) is 3.14. The highest BCUT2D eigenvalue weighted by atomic mass is 32.2. The molecule has 0 aliphatic rings. The van der Waals surface area contributed by atoms with Crippen LogP contribution in [0.4, 0.5) is 0 Å². The number of carbonyl (C=O) groups is 1. The van der Waals surface area contributed by atoms with Crippen molar-refractivity contribution in [3.05, 3.63) is 64.4 Å². The topological polar surface area (TPSA) is 61.2 Å². The van der Waals surface area contributed by atoms with Crippen LogP contribution >= 0.6 is 11.8 Å². The lowest BCUT2D eigenvalue weighted by atomic mass is 10.1. The van der Waals surface area contributed by atoms with Crippen molar-refractivity contribution in [1.29, 1.82) is 0 Å². The van der Waals surface area contributed by atoms with Gasteiger partial charge in [0.05, 0.1) is 24.1 Å². The SMILES string of the molecule is CCOc1ccc(C(=O)Cn2c(SC)nc3ccccc3c2=O)cc1. The average molecular weight is 354 g/mol. The molecule has 0 N–H and O–H groups in total. The molecule has 0 bridgehead atoms. The first-order valence-corrected chi connectivity index (χ1v) is 9.16. The molecule has 5 nitrogen and oxygen atoms in total. The van der Waals surface area contributed by atoms with Gasteiger partial charge < -0.3 is 4.74 Å². The van der Waals surface area contributed by atoms with E-state index >= 15 is 0 Å². The van der Waals surface area contributed by atoms with Crippen LogP contribution in [0.25, 0.3) is 10.9 Å². The number of para-hydroxylation sites is 1. The van der Waals surface area contributed by atoms with E-state index in [1.165, 1.54) is 16.3 Å². The van der Waals surface area contributed by atoms with E-state index < -0.39 is 0 Å². The lowest BCUT2D eigenvalue weighted by Crippen LogP contribution is -2.27. The summed E-state index contributed by atoms with van der Waals surface area (Å²) in [5.74, 6) is 0.575. The normalized spacial score (nSPS) is 10.8. The van der Waals surface area contributed by atoms with Crippen molar-refractivity contribution in [3.63, 3.8) is 0 Å². The number of fused-ring (bicyclic) bond motifs is 1. The van der Waals surface area contributed by atoms with E-state index in [1.54, 1.807) is 42.5 Å². The molecule has 0 aliphatic heterocycles. The molecule has 3 rings (SSSR count). The molecular formula is C19H18N2O3S. The maximum Gasteiger partial charge on any atom is 0.262 e. The Morgan fingerprint density at radius 3 is 2.56 bits per heavy atom. The molecule has 0 amide bonds. The molecule has 0 spiro atoms. The molecule has 0 saturated carbocycles. The second-order valence-electron chi connectivity index (χ2n) is 5.39. The van der Waals surface area contributed by atoms with Crippen molar-refractivity contribution in [3.8, 4) is 5.75 Å². The molecule has 1 heterocycles. The summed E-state index contributed by atoms with van der Waals surface area (Å²) in [6, 6.07) is 14.1. The van der Waals surface area contributed by atoms with Crippen LogP contribution in [0.1, 0.15) is 17.3 Å². The predicted octanol–water partition coefficient (Wildman–Crippen LogP) is 3.40. The number of hydrogen-bond donors (Lipinski definition) is 0. The van der Waals surface area contributed by atoms with Gasteiger partial charge in [0.1, 0.15) is 5.75 Å². The number of benzene rings is 2. The molecule has 3 aromatic rings. The minimum absolute atomic E-state index is 0.0409. The Morgan fingerprint density at radius 1 is 1.16 bits per heavy atom. The summed E-state index contributed by atoms with van der Waals surface area (Å²) in [6.07, 6.45) is 1.84. The highest BCUT2D eigenvalue weighted by Gasteiger charge is 2.14. The zero-order valence-corrected chi connectivity index (χ0v) is 14.9. The summed E-state index contributed by atoms with van der Waals surface area (Å²) < 4.78 is 6.82. The standard InChI is InChI=1S/C19H18N2O3S/c1-3-24-14-10-8-13(9-11-14)17(22)12-21-18(23)15-6-4-5-7-16(15)20-19(21)25-2/h4-11H,3,12H2,1-2H3. The third kappa shape index (κ3) is 3.58. The second kappa shape index (κ2) is 7.53. The number of hydrogen-bond acceptors (Lipinski definition) is 5. The van der Waals surface area contributed by atoms with E-state index in [9.17, 15) is 9.59 Å². The molecule has 0 atom stereocenters. The third-order valence-electron chi connectivity index (χ3n) is 3.80. The van der Waals surface area contributed by atoms with Crippen LogP contribution in [0.3, 0.4) is 0 Å². The van der Waals surface area contributed by atoms with E-state index in [0.29, 0.717) is 34.0 Å². The van der Waals surface area contributed by atoms with Gasteiger partial charge in [-0.25, -0.2) is 4.98 Å². The van der Waals surface area contributed by atoms with Gasteiger partial charge in [-0.3, -0.25) is 14.2 Å². The van der Waals surface area contributed by atoms with Crippen LogP contribution in [0, 0.1) is 0 Å². The van der Waals surface area contributed by atoms with Crippen molar-refractivity contribution >= 4 is 28.4 Å². The number of Topliss-reactive ketones (excluding diaryl/α,β-unsaturated/α-hetero) is 1. The molecule has 0 aliphatic carbocycles. The quantitative estimate of drug-likeness (QED) is 0.386. The lowest BCUT2D eigenvalue weighted by molar-refractivity contribution is 0.0967. The highest BCUT2D eigenvalue weighted by Crippen LogP contribution is 2.17. The summed E-state index contributed by atoms with van der Waals surface area (Å²) in [4.78, 5) is 29.8. The Kier molecular flexibility index (Phi) is 5.19. The monoisotopic (exact) mass is 354 g/mol. The Morgan fingerprint density at radius 2 is 1.88 bits per heavy atom. The molecule has 0 saturated heterocycles. The highest BCUT2D eigenvalue weighted by molar-refractivity contribution is 7.98. The smallest absolute Gasteiger partial charge is 0.262 e. The van der Waals surface area contributed by atoms with E-state index in [-0.39, 0.29) is 17.9 Å². The molecule has 6 heteroatoms.